The summed E-state index contributed by atoms with van der Waals surface area (Å²) in [6.45, 7) is 6.65. The molecule has 182 valence electrons. The van der Waals surface area contributed by atoms with Crippen LogP contribution in [0.25, 0.3) is 33.4 Å². The number of nitrogens with zero attached hydrogens (tertiary/aromatic N) is 2. The van der Waals surface area contributed by atoms with Gasteiger partial charge in [-0.3, -0.25) is 9.88 Å². The maximum atomic E-state index is 11.8. The molecule has 0 aliphatic carbocycles. The van der Waals surface area contributed by atoms with E-state index in [0.717, 1.165) is 71.6 Å². The van der Waals surface area contributed by atoms with E-state index in [4.69, 9.17) is 4.98 Å². The number of hydrogen-bond acceptors (Lipinski definition) is 5. The molecule has 7 heteroatoms. The number of piperidine rings is 1. The topological polar surface area (TPSA) is 86.3 Å². The molecule has 0 saturated carbocycles. The second-order valence-corrected chi connectivity index (χ2v) is 12.0. The van der Waals surface area contributed by atoms with Gasteiger partial charge in [-0.2, -0.15) is 0 Å². The third-order valence-corrected chi connectivity index (χ3v) is 8.12. The van der Waals surface area contributed by atoms with Gasteiger partial charge in [0.1, 0.15) is 0 Å². The van der Waals surface area contributed by atoms with E-state index < -0.39 is 15.4 Å². The lowest BCUT2D eigenvalue weighted by molar-refractivity contribution is -0.00730. The van der Waals surface area contributed by atoms with E-state index in [2.05, 4.69) is 46.3 Å². The summed E-state index contributed by atoms with van der Waals surface area (Å²) in [5, 5.41) is 11.2. The highest BCUT2D eigenvalue weighted by Crippen LogP contribution is 2.30. The van der Waals surface area contributed by atoms with Crippen LogP contribution in [0.4, 0.5) is 0 Å². The van der Waals surface area contributed by atoms with Gasteiger partial charge in [-0.15, -0.1) is 0 Å². The van der Waals surface area contributed by atoms with Crippen LogP contribution in [0.3, 0.4) is 0 Å². The van der Waals surface area contributed by atoms with Gasteiger partial charge in [0.15, 0.2) is 9.84 Å². The Morgan fingerprint density at radius 1 is 1.00 bits per heavy atom. The van der Waals surface area contributed by atoms with E-state index in [9.17, 15) is 13.5 Å². The first-order valence-corrected chi connectivity index (χ1v) is 13.8. The molecule has 4 aromatic rings. The minimum absolute atomic E-state index is 0.313. The van der Waals surface area contributed by atoms with Gasteiger partial charge in [0.05, 0.1) is 16.2 Å². The number of benzene rings is 2. The standard InChI is InChI=1S/C28H31N3O3S/c1-19-24-16-25(22-8-10-23(11-9-22)35(3,33)34)30-27(24)17-26(29-19)21-6-4-20(5-7-21)18-31-14-12-28(2,32)13-15-31/h4-11,16-17,30,32H,12-15,18H2,1-3H3. The number of hydrogen-bond donors (Lipinski definition) is 2. The highest BCUT2D eigenvalue weighted by Gasteiger charge is 2.27. The largest absolute Gasteiger partial charge is 0.390 e. The Kier molecular flexibility index (Phi) is 6.03. The van der Waals surface area contributed by atoms with Gasteiger partial charge in [-0.1, -0.05) is 36.4 Å². The number of nitrogens with one attached hydrogen (secondary N) is 1. The van der Waals surface area contributed by atoms with Gasteiger partial charge >= 0.3 is 0 Å². The van der Waals surface area contributed by atoms with Crippen molar-refractivity contribution in [2.45, 2.75) is 43.7 Å². The van der Waals surface area contributed by atoms with Crippen molar-refractivity contribution >= 4 is 20.7 Å². The lowest BCUT2D eigenvalue weighted by Crippen LogP contribution is -2.41. The summed E-state index contributed by atoms with van der Waals surface area (Å²) >= 11 is 0. The van der Waals surface area contributed by atoms with Crippen LogP contribution < -0.4 is 0 Å². The Hall–Kier alpha value is -3.00. The Bertz CT molecular complexity index is 1460. The van der Waals surface area contributed by atoms with Crippen LogP contribution in [-0.2, 0) is 16.4 Å². The average molecular weight is 490 g/mol. The van der Waals surface area contributed by atoms with Crippen LogP contribution in [0.2, 0.25) is 0 Å². The molecule has 0 radical (unpaired) electrons. The van der Waals surface area contributed by atoms with Crippen LogP contribution >= 0.6 is 0 Å². The van der Waals surface area contributed by atoms with Gasteiger partial charge in [-0.25, -0.2) is 8.42 Å². The lowest BCUT2D eigenvalue weighted by Gasteiger charge is -2.35. The first-order valence-electron chi connectivity index (χ1n) is 11.9. The van der Waals surface area contributed by atoms with Crippen LogP contribution in [0.5, 0.6) is 0 Å². The fraction of sp³-hybridized carbons (Fsp3) is 0.321. The minimum Gasteiger partial charge on any atom is -0.390 e. The summed E-state index contributed by atoms with van der Waals surface area (Å²) in [5.74, 6) is 0. The molecule has 1 aliphatic rings. The number of likely N-dealkylation sites (tertiary alicyclic amines) is 1. The number of sulfone groups is 1. The zero-order chi connectivity index (χ0) is 24.8. The molecule has 0 unspecified atom stereocenters. The summed E-state index contributed by atoms with van der Waals surface area (Å²) in [5.41, 5.74) is 6.51. The van der Waals surface area contributed by atoms with Crippen molar-refractivity contribution in [3.63, 3.8) is 0 Å². The lowest BCUT2D eigenvalue weighted by atomic mass is 9.93. The normalized spacial score (nSPS) is 16.6. The fourth-order valence-corrected chi connectivity index (χ4v) is 5.34. The number of rotatable bonds is 5. The van der Waals surface area contributed by atoms with Crippen molar-refractivity contribution < 1.29 is 13.5 Å². The highest BCUT2D eigenvalue weighted by molar-refractivity contribution is 7.90. The molecule has 6 nitrogen and oxygen atoms in total. The number of aromatic amines is 1. The van der Waals surface area contributed by atoms with Gasteiger partial charge in [-0.05, 0) is 62.1 Å². The number of aryl methyl sites for hydroxylation is 1. The molecule has 2 N–H and O–H groups in total. The maximum absolute atomic E-state index is 11.8. The second kappa shape index (κ2) is 8.90. The molecular weight excluding hydrogens is 458 g/mol. The van der Waals surface area contributed by atoms with Gasteiger partial charge < -0.3 is 10.1 Å². The van der Waals surface area contributed by atoms with Gasteiger partial charge in [0, 0.05) is 53.7 Å². The Labute approximate surface area is 206 Å². The summed E-state index contributed by atoms with van der Waals surface area (Å²) in [6, 6.07) is 19.6. The van der Waals surface area contributed by atoms with Gasteiger partial charge in [0.2, 0.25) is 0 Å². The molecule has 1 aliphatic heterocycles. The number of pyridine rings is 1. The number of fused-ring (bicyclic) bond motifs is 1. The molecule has 5 rings (SSSR count). The zero-order valence-corrected chi connectivity index (χ0v) is 21.2. The van der Waals surface area contributed by atoms with E-state index >= 15 is 0 Å². The van der Waals surface area contributed by atoms with Crippen LogP contribution in [0.15, 0.2) is 65.6 Å². The van der Waals surface area contributed by atoms with Crippen molar-refractivity contribution in [2.75, 3.05) is 19.3 Å². The quantitative estimate of drug-likeness (QED) is 0.414. The van der Waals surface area contributed by atoms with Crippen LogP contribution in [-0.4, -0.2) is 53.3 Å². The summed E-state index contributed by atoms with van der Waals surface area (Å²) in [7, 11) is -3.22. The monoisotopic (exact) mass is 489 g/mol. The van der Waals surface area contributed by atoms with Gasteiger partial charge in [0.25, 0.3) is 0 Å². The minimum atomic E-state index is -3.22. The van der Waals surface area contributed by atoms with Crippen LogP contribution in [0, 0.1) is 6.92 Å². The second-order valence-electron chi connectivity index (χ2n) is 10.0. The Morgan fingerprint density at radius 2 is 1.63 bits per heavy atom. The van der Waals surface area contributed by atoms with E-state index in [1.54, 1.807) is 12.1 Å². The Morgan fingerprint density at radius 3 is 2.26 bits per heavy atom. The average Bonchev–Trinajstić information content (AvgIpc) is 3.25. The molecule has 3 heterocycles. The molecule has 2 aromatic carbocycles. The van der Waals surface area contributed by atoms with Crippen molar-refractivity contribution in [1.82, 2.24) is 14.9 Å². The molecule has 1 saturated heterocycles. The number of aliphatic hydroxyl groups is 1. The van der Waals surface area contributed by atoms with Crippen LogP contribution in [0.1, 0.15) is 31.0 Å². The molecular formula is C28H31N3O3S. The summed E-state index contributed by atoms with van der Waals surface area (Å²) < 4.78 is 23.5. The molecule has 0 atom stereocenters. The third kappa shape index (κ3) is 5.17. The SMILES string of the molecule is Cc1nc(-c2ccc(CN3CCC(C)(O)CC3)cc2)cc2[nH]c(-c3ccc(S(C)(=O)=O)cc3)cc12. The third-order valence-electron chi connectivity index (χ3n) is 6.99. The Balaban J connectivity index is 1.36. The van der Waals surface area contributed by atoms with Crippen molar-refractivity contribution in [1.29, 1.82) is 0 Å². The van der Waals surface area contributed by atoms with Crippen molar-refractivity contribution in [3.8, 4) is 22.5 Å². The maximum Gasteiger partial charge on any atom is 0.175 e. The smallest absolute Gasteiger partial charge is 0.175 e. The molecule has 1 fully saturated rings. The van der Waals surface area contributed by atoms with E-state index in [0.29, 0.717) is 4.90 Å². The van der Waals surface area contributed by atoms with E-state index in [-0.39, 0.29) is 0 Å². The predicted octanol–water partition coefficient (Wildman–Crippen LogP) is 4.96. The molecule has 2 aromatic heterocycles. The molecule has 0 bridgehead atoms. The summed E-state index contributed by atoms with van der Waals surface area (Å²) in [6.07, 6.45) is 2.84. The summed E-state index contributed by atoms with van der Waals surface area (Å²) in [4.78, 5) is 11.0. The molecule has 0 amide bonds. The predicted molar refractivity (Wildman–Crippen MR) is 140 cm³/mol. The van der Waals surface area contributed by atoms with Crippen molar-refractivity contribution in [3.05, 3.63) is 71.9 Å². The fourth-order valence-electron chi connectivity index (χ4n) is 4.71. The van der Waals surface area contributed by atoms with E-state index in [1.807, 2.05) is 26.0 Å². The number of aromatic nitrogens is 2. The van der Waals surface area contributed by atoms with Crippen molar-refractivity contribution in [2.24, 2.45) is 0 Å². The highest BCUT2D eigenvalue weighted by atomic mass is 32.2. The zero-order valence-electron chi connectivity index (χ0n) is 20.4. The number of H-pyrrole nitrogens is 1. The first-order chi connectivity index (χ1) is 16.6. The first kappa shape index (κ1) is 23.7. The molecule has 35 heavy (non-hydrogen) atoms. The van der Waals surface area contributed by atoms with E-state index in [1.165, 1.54) is 11.8 Å². The molecule has 0 spiro atoms.